The Morgan fingerprint density at radius 2 is 1.84 bits per heavy atom. The van der Waals surface area contributed by atoms with Crippen molar-refractivity contribution < 1.29 is 17.6 Å². The normalized spacial score (nSPS) is 23.9. The Labute approximate surface area is 196 Å². The molecule has 2 heterocycles. The fraction of sp³-hybridized carbons (Fsp3) is 0.696. The van der Waals surface area contributed by atoms with Gasteiger partial charge in [0, 0.05) is 49.2 Å². The highest BCUT2D eigenvalue weighted by molar-refractivity contribution is 7.88. The molecule has 1 amide bonds. The Balaban J connectivity index is 1.40. The van der Waals surface area contributed by atoms with Gasteiger partial charge in [-0.2, -0.15) is 0 Å². The monoisotopic (exact) mass is 487 g/mol. The van der Waals surface area contributed by atoms with Gasteiger partial charge in [-0.05, 0) is 56.2 Å². The van der Waals surface area contributed by atoms with Crippen molar-refractivity contribution in [1.29, 1.82) is 0 Å². The van der Waals surface area contributed by atoms with Gasteiger partial charge < -0.3 is 10.2 Å². The molecule has 1 aromatic rings. The van der Waals surface area contributed by atoms with E-state index in [1.807, 2.05) is 0 Å². The first-order valence-corrected chi connectivity index (χ1v) is 13.5. The third-order valence-corrected chi connectivity index (χ3v) is 8.66. The zero-order valence-electron chi connectivity index (χ0n) is 19.0. The lowest BCUT2D eigenvalue weighted by Gasteiger charge is -2.35. The van der Waals surface area contributed by atoms with Crippen LogP contribution in [0.15, 0.2) is 18.2 Å². The first-order valence-electron chi connectivity index (χ1n) is 11.6. The van der Waals surface area contributed by atoms with E-state index in [1.54, 1.807) is 0 Å². The van der Waals surface area contributed by atoms with Gasteiger partial charge in [-0.3, -0.25) is 4.79 Å². The molecule has 0 saturated carbocycles. The quantitative estimate of drug-likeness (QED) is 0.570. The Kier molecular flexibility index (Phi) is 8.95. The fourth-order valence-corrected chi connectivity index (χ4v) is 6.89. The second kappa shape index (κ2) is 11.3. The predicted molar refractivity (Wildman–Crippen MR) is 125 cm³/mol. The third kappa shape index (κ3) is 6.89. The van der Waals surface area contributed by atoms with Crippen LogP contribution in [0.5, 0.6) is 0 Å². The summed E-state index contributed by atoms with van der Waals surface area (Å²) < 4.78 is 40.8. The van der Waals surface area contributed by atoms with E-state index in [9.17, 15) is 17.6 Å². The molecule has 180 valence electrons. The molecule has 6 nitrogen and oxygen atoms in total. The molecule has 9 heteroatoms. The minimum Gasteiger partial charge on any atom is -0.356 e. The summed E-state index contributed by atoms with van der Waals surface area (Å²) in [5.74, 6) is 0.175. The molecule has 0 spiro atoms. The topological polar surface area (TPSA) is 69.7 Å². The van der Waals surface area contributed by atoms with Gasteiger partial charge in [-0.1, -0.05) is 31.5 Å². The highest BCUT2D eigenvalue weighted by atomic mass is 35.5. The molecule has 2 fully saturated rings. The summed E-state index contributed by atoms with van der Waals surface area (Å²) in [6.45, 7) is 9.00. The van der Waals surface area contributed by atoms with Crippen LogP contribution in [0.25, 0.3) is 0 Å². The molecule has 2 aliphatic rings. The molecule has 32 heavy (non-hydrogen) atoms. The number of hydrogen-bond acceptors (Lipinski definition) is 4. The van der Waals surface area contributed by atoms with Crippen LogP contribution in [-0.2, 0) is 20.6 Å². The highest BCUT2D eigenvalue weighted by Crippen LogP contribution is 2.26. The lowest BCUT2D eigenvalue weighted by molar-refractivity contribution is -0.126. The second-order valence-corrected chi connectivity index (χ2v) is 11.9. The van der Waals surface area contributed by atoms with Crippen LogP contribution in [-0.4, -0.2) is 62.8 Å². The average molecular weight is 488 g/mol. The van der Waals surface area contributed by atoms with Gasteiger partial charge in [-0.15, -0.1) is 0 Å². The molecule has 2 saturated heterocycles. The largest absolute Gasteiger partial charge is 0.356 e. The number of nitrogens with one attached hydrogen (secondary N) is 1. The van der Waals surface area contributed by atoms with Crippen LogP contribution in [0.1, 0.15) is 45.1 Å². The summed E-state index contributed by atoms with van der Waals surface area (Å²) >= 11 is 5.98. The van der Waals surface area contributed by atoms with Gasteiger partial charge >= 0.3 is 0 Å². The zero-order chi connectivity index (χ0) is 23.3. The van der Waals surface area contributed by atoms with Crippen LogP contribution >= 0.6 is 11.6 Å². The number of piperidine rings is 2. The van der Waals surface area contributed by atoms with Crippen molar-refractivity contribution in [1.82, 2.24) is 14.5 Å². The number of nitrogens with zero attached hydrogens (tertiary/aromatic N) is 2. The molecule has 2 atom stereocenters. The molecule has 2 unspecified atom stereocenters. The van der Waals surface area contributed by atoms with Crippen molar-refractivity contribution in [2.75, 3.05) is 39.3 Å². The number of sulfonamides is 1. The molecular weight excluding hydrogens is 453 g/mol. The number of carbonyl (C=O) groups is 1. The minimum atomic E-state index is -3.70. The fourth-order valence-electron chi connectivity index (χ4n) is 4.97. The molecule has 1 N–H and O–H groups in total. The number of benzene rings is 1. The average Bonchev–Trinajstić information content (AvgIpc) is 2.73. The van der Waals surface area contributed by atoms with Crippen molar-refractivity contribution in [2.24, 2.45) is 17.8 Å². The van der Waals surface area contributed by atoms with E-state index in [2.05, 4.69) is 24.1 Å². The third-order valence-electron chi connectivity index (χ3n) is 6.50. The number of carbonyl (C=O) groups excluding carboxylic acids is 1. The van der Waals surface area contributed by atoms with Crippen LogP contribution in [0.3, 0.4) is 0 Å². The van der Waals surface area contributed by atoms with Gasteiger partial charge in [0.05, 0.1) is 5.75 Å². The summed E-state index contributed by atoms with van der Waals surface area (Å²) in [4.78, 5) is 15.0. The lowest BCUT2D eigenvalue weighted by Crippen LogP contribution is -2.44. The number of halogens is 2. The number of amides is 1. The molecule has 0 bridgehead atoms. The van der Waals surface area contributed by atoms with Crippen molar-refractivity contribution in [3.05, 3.63) is 34.6 Å². The van der Waals surface area contributed by atoms with E-state index in [-0.39, 0.29) is 35.5 Å². The lowest BCUT2D eigenvalue weighted by atomic mass is 9.92. The first kappa shape index (κ1) is 25.4. The molecule has 0 aromatic heterocycles. The van der Waals surface area contributed by atoms with Crippen molar-refractivity contribution in [2.45, 2.75) is 45.3 Å². The molecule has 0 aliphatic carbocycles. The predicted octanol–water partition coefficient (Wildman–Crippen LogP) is 3.51. The van der Waals surface area contributed by atoms with Gasteiger partial charge in [0.15, 0.2) is 0 Å². The van der Waals surface area contributed by atoms with E-state index < -0.39 is 21.6 Å². The van der Waals surface area contributed by atoms with Gasteiger partial charge in [0.1, 0.15) is 5.82 Å². The Morgan fingerprint density at radius 3 is 2.47 bits per heavy atom. The summed E-state index contributed by atoms with van der Waals surface area (Å²) in [6, 6.07) is 4.14. The number of hydrogen-bond donors (Lipinski definition) is 1. The minimum absolute atomic E-state index is 0.000392. The highest BCUT2D eigenvalue weighted by Gasteiger charge is 2.32. The van der Waals surface area contributed by atoms with Gasteiger partial charge in [-0.25, -0.2) is 17.1 Å². The van der Waals surface area contributed by atoms with Crippen molar-refractivity contribution >= 4 is 27.5 Å². The van der Waals surface area contributed by atoms with Crippen LogP contribution in [0, 0.1) is 23.6 Å². The van der Waals surface area contributed by atoms with E-state index in [0.29, 0.717) is 19.4 Å². The Morgan fingerprint density at radius 1 is 1.19 bits per heavy atom. The summed E-state index contributed by atoms with van der Waals surface area (Å²) in [6.07, 6.45) is 3.14. The van der Waals surface area contributed by atoms with Crippen molar-refractivity contribution in [3.63, 3.8) is 0 Å². The van der Waals surface area contributed by atoms with E-state index in [4.69, 9.17) is 11.6 Å². The molecule has 1 aromatic carbocycles. The summed E-state index contributed by atoms with van der Waals surface area (Å²) in [5.41, 5.74) is -0.00785. The maximum atomic E-state index is 14.0. The van der Waals surface area contributed by atoms with Gasteiger partial charge in [0.25, 0.3) is 0 Å². The van der Waals surface area contributed by atoms with Crippen LogP contribution in [0.4, 0.5) is 4.39 Å². The van der Waals surface area contributed by atoms with E-state index >= 15 is 0 Å². The zero-order valence-corrected chi connectivity index (χ0v) is 20.6. The molecular formula is C23H35ClFN3O3S. The number of rotatable bonds is 8. The maximum absolute atomic E-state index is 14.0. The van der Waals surface area contributed by atoms with Crippen molar-refractivity contribution in [3.8, 4) is 0 Å². The van der Waals surface area contributed by atoms with Crippen LogP contribution in [0.2, 0.25) is 5.02 Å². The molecule has 3 rings (SSSR count). The second-order valence-electron chi connectivity index (χ2n) is 9.48. The van der Waals surface area contributed by atoms with Crippen LogP contribution < -0.4 is 5.32 Å². The molecule has 0 radical (unpaired) electrons. The standard InChI is InChI=1S/C23H35ClFN3O3S/c1-17-13-18(2)15-27(14-17)10-4-9-26-23(29)19-7-11-28(12-8-19)32(30,31)16-20-21(24)5-3-6-22(20)25/h3,5-6,17-19H,4,7-16H2,1-2H3,(H,26,29). The molecule has 2 aliphatic heterocycles. The summed E-state index contributed by atoms with van der Waals surface area (Å²) in [5, 5.41) is 3.13. The summed E-state index contributed by atoms with van der Waals surface area (Å²) in [7, 11) is -3.70. The van der Waals surface area contributed by atoms with E-state index in [0.717, 1.165) is 37.9 Å². The van der Waals surface area contributed by atoms with Gasteiger partial charge in [0.2, 0.25) is 15.9 Å². The first-order chi connectivity index (χ1) is 15.2. The SMILES string of the molecule is CC1CC(C)CN(CCCNC(=O)C2CCN(S(=O)(=O)Cc3c(F)cccc3Cl)CC2)C1. The number of likely N-dealkylation sites (tertiary alicyclic amines) is 1. The Bertz CT molecular complexity index is 860. The maximum Gasteiger partial charge on any atom is 0.223 e. The smallest absolute Gasteiger partial charge is 0.223 e. The van der Waals surface area contributed by atoms with E-state index in [1.165, 1.54) is 28.9 Å². The Hall–Kier alpha value is -1.22.